The van der Waals surface area contributed by atoms with E-state index in [0.29, 0.717) is 5.41 Å². The number of nitrogens with zero attached hydrogens (tertiary/aromatic N) is 1. The standard InChI is InChI=1S/C61H55NS/c1-57(2)29-30-58(3,4)51-35-43(24-27-48(51)57)62(42-23-26-46-45-19-11-12-20-47(45)60(50(46)34-42,39-15-7-5-8-16-39)40-17-9-6-10-18-40)44-25-28-54-52(36-44)61(49-21-13-14-22-53(49)63-54)55-32-38-31-41-33-56(61)59(41,55)37-38/h5-28,34-36,38,41,55-56H,29-33,37H2,1-4H3. The molecule has 0 N–H and O–H groups in total. The van der Waals surface area contributed by atoms with Crippen LogP contribution < -0.4 is 4.90 Å². The average molecular weight is 834 g/mol. The monoisotopic (exact) mass is 833 g/mol. The third-order valence-electron chi connectivity index (χ3n) is 18.5. The van der Waals surface area contributed by atoms with Crippen molar-refractivity contribution in [3.8, 4) is 11.1 Å². The topological polar surface area (TPSA) is 3.24 Å². The molecule has 14 rings (SSSR count). The Labute approximate surface area is 378 Å². The van der Waals surface area contributed by atoms with Crippen LogP contribution in [0.15, 0.2) is 174 Å². The highest BCUT2D eigenvalue weighted by molar-refractivity contribution is 7.99. The molecule has 1 aliphatic heterocycles. The second-order valence-corrected chi connectivity index (χ2v) is 23.0. The van der Waals surface area contributed by atoms with Gasteiger partial charge in [-0.3, -0.25) is 0 Å². The Bertz CT molecular complexity index is 3010. The van der Waals surface area contributed by atoms with Gasteiger partial charge in [-0.25, -0.2) is 0 Å². The van der Waals surface area contributed by atoms with Gasteiger partial charge in [0, 0.05) is 32.3 Å². The molecule has 0 radical (unpaired) electrons. The summed E-state index contributed by atoms with van der Waals surface area (Å²) in [5.74, 6) is 3.37. The summed E-state index contributed by atoms with van der Waals surface area (Å²) in [6, 6.07) is 64.0. The largest absolute Gasteiger partial charge is 0.310 e. The molecule has 4 fully saturated rings. The van der Waals surface area contributed by atoms with Crippen LogP contribution in [0.25, 0.3) is 11.1 Å². The van der Waals surface area contributed by atoms with E-state index in [2.05, 4.69) is 196 Å². The van der Waals surface area contributed by atoms with Gasteiger partial charge in [0.05, 0.1) is 5.41 Å². The third-order valence-corrected chi connectivity index (χ3v) is 19.7. The van der Waals surface area contributed by atoms with Crippen molar-refractivity contribution < 1.29 is 0 Å². The van der Waals surface area contributed by atoms with E-state index in [0.717, 1.165) is 23.7 Å². The van der Waals surface area contributed by atoms with Gasteiger partial charge in [0.25, 0.3) is 0 Å². The van der Waals surface area contributed by atoms with Crippen LogP contribution in [0.1, 0.15) is 111 Å². The van der Waals surface area contributed by atoms with Crippen molar-refractivity contribution in [2.75, 3.05) is 4.90 Å². The molecule has 1 nitrogen and oxygen atoms in total. The Morgan fingerprint density at radius 1 is 0.460 bits per heavy atom. The fraction of sp³-hybridized carbons (Fsp3) is 0.311. The lowest BCUT2D eigenvalue weighted by Crippen LogP contribution is -2.74. The molecule has 7 aliphatic rings. The predicted molar refractivity (Wildman–Crippen MR) is 260 cm³/mol. The van der Waals surface area contributed by atoms with Crippen LogP contribution >= 0.6 is 11.8 Å². The lowest BCUT2D eigenvalue weighted by Gasteiger charge is -2.78. The zero-order valence-electron chi connectivity index (χ0n) is 37.0. The molecular formula is C61H55NS. The van der Waals surface area contributed by atoms with Crippen LogP contribution in [0, 0.1) is 29.1 Å². The lowest BCUT2D eigenvalue weighted by molar-refractivity contribution is -0.235. The van der Waals surface area contributed by atoms with Gasteiger partial charge in [-0.1, -0.05) is 155 Å². The Morgan fingerprint density at radius 3 is 1.75 bits per heavy atom. The lowest BCUT2D eigenvalue weighted by atomic mass is 9.26. The Balaban J connectivity index is 1.02. The molecule has 6 atom stereocenters. The molecule has 1 heterocycles. The summed E-state index contributed by atoms with van der Waals surface area (Å²) < 4.78 is 0. The molecule has 7 aromatic rings. The minimum Gasteiger partial charge on any atom is -0.310 e. The fourth-order valence-corrected chi connectivity index (χ4v) is 17.1. The molecule has 6 unspecified atom stereocenters. The molecule has 2 heteroatoms. The van der Waals surface area contributed by atoms with Crippen molar-refractivity contribution in [3.63, 3.8) is 0 Å². The van der Waals surface area contributed by atoms with Crippen molar-refractivity contribution in [1.29, 1.82) is 0 Å². The minimum absolute atomic E-state index is 0.0882. The first-order valence-corrected chi connectivity index (χ1v) is 24.7. The molecule has 310 valence electrons. The van der Waals surface area contributed by atoms with E-state index in [1.54, 1.807) is 11.1 Å². The maximum atomic E-state index is 2.70. The second-order valence-electron chi connectivity index (χ2n) is 21.9. The highest BCUT2D eigenvalue weighted by Crippen LogP contribution is 2.89. The zero-order valence-corrected chi connectivity index (χ0v) is 37.8. The van der Waals surface area contributed by atoms with E-state index in [1.165, 1.54) is 110 Å². The van der Waals surface area contributed by atoms with Gasteiger partial charge in [0.2, 0.25) is 0 Å². The zero-order chi connectivity index (χ0) is 42.1. The first kappa shape index (κ1) is 37.1. The smallest absolute Gasteiger partial charge is 0.0714 e. The Kier molecular flexibility index (Phi) is 7.35. The summed E-state index contributed by atoms with van der Waals surface area (Å²) in [5.41, 5.74) is 18.4. The number of anilines is 3. The van der Waals surface area contributed by atoms with E-state index in [1.807, 2.05) is 11.8 Å². The summed E-state index contributed by atoms with van der Waals surface area (Å²) in [7, 11) is 0. The van der Waals surface area contributed by atoms with Gasteiger partial charge in [0.15, 0.2) is 0 Å². The van der Waals surface area contributed by atoms with E-state index < -0.39 is 5.41 Å². The van der Waals surface area contributed by atoms with Crippen molar-refractivity contribution >= 4 is 28.8 Å². The second kappa shape index (κ2) is 12.5. The van der Waals surface area contributed by atoms with Gasteiger partial charge in [-0.05, 0) is 183 Å². The third kappa shape index (κ3) is 4.52. The quantitative estimate of drug-likeness (QED) is 0.170. The molecule has 63 heavy (non-hydrogen) atoms. The molecule has 2 bridgehead atoms. The van der Waals surface area contributed by atoms with Crippen molar-refractivity contribution in [1.82, 2.24) is 0 Å². The van der Waals surface area contributed by atoms with Gasteiger partial charge in [-0.2, -0.15) is 0 Å². The summed E-state index contributed by atoms with van der Waals surface area (Å²) >= 11 is 2.02. The van der Waals surface area contributed by atoms with Gasteiger partial charge >= 0.3 is 0 Å². The Hall–Kier alpha value is -5.31. The van der Waals surface area contributed by atoms with Crippen LogP contribution in [-0.2, 0) is 21.7 Å². The fourth-order valence-electron chi connectivity index (χ4n) is 15.9. The van der Waals surface area contributed by atoms with Gasteiger partial charge in [0.1, 0.15) is 0 Å². The number of fused-ring (bicyclic) bond motifs is 11. The molecule has 0 aromatic heterocycles. The summed E-state index contributed by atoms with van der Waals surface area (Å²) in [5, 5.41) is 0. The maximum absolute atomic E-state index is 2.70. The van der Waals surface area contributed by atoms with Crippen LogP contribution in [0.4, 0.5) is 17.1 Å². The first-order valence-electron chi connectivity index (χ1n) is 23.9. The molecular weight excluding hydrogens is 779 g/mol. The van der Waals surface area contributed by atoms with Crippen LogP contribution in [0.5, 0.6) is 0 Å². The maximum Gasteiger partial charge on any atom is 0.0714 e. The van der Waals surface area contributed by atoms with Crippen LogP contribution in [0.3, 0.4) is 0 Å². The normalized spacial score (nSPS) is 28.4. The molecule has 7 aromatic carbocycles. The van der Waals surface area contributed by atoms with Crippen LogP contribution in [0.2, 0.25) is 0 Å². The van der Waals surface area contributed by atoms with Gasteiger partial charge in [-0.15, -0.1) is 0 Å². The highest BCUT2D eigenvalue weighted by atomic mass is 32.2. The number of hydrogen-bond donors (Lipinski definition) is 0. The molecule has 0 saturated heterocycles. The summed E-state index contributed by atoms with van der Waals surface area (Å²) in [4.78, 5) is 5.62. The molecule has 6 aliphatic carbocycles. The average Bonchev–Trinajstić information content (AvgIpc) is 3.95. The predicted octanol–water partition coefficient (Wildman–Crippen LogP) is 15.7. The van der Waals surface area contributed by atoms with Crippen molar-refractivity contribution in [2.45, 2.75) is 97.7 Å². The van der Waals surface area contributed by atoms with E-state index in [4.69, 9.17) is 0 Å². The number of hydrogen-bond acceptors (Lipinski definition) is 2. The van der Waals surface area contributed by atoms with E-state index in [9.17, 15) is 0 Å². The summed E-state index contributed by atoms with van der Waals surface area (Å²) in [6.07, 6.45) is 8.17. The molecule has 2 spiro atoms. The minimum atomic E-state index is -0.471. The molecule has 4 saturated carbocycles. The van der Waals surface area contributed by atoms with Crippen LogP contribution in [-0.4, -0.2) is 0 Å². The SMILES string of the molecule is CC1(C)CCC(C)(C)c2cc(N(c3ccc4c(c3)C(c3ccccc3)(c3ccccc3)c3ccccc3-4)c3ccc4c(c3)C3(c5ccccc5S4)C4CC5CC6CC3C64C5)ccc21. The van der Waals surface area contributed by atoms with E-state index >= 15 is 0 Å². The molecule has 0 amide bonds. The number of benzene rings is 7. The summed E-state index contributed by atoms with van der Waals surface area (Å²) in [6.45, 7) is 9.85. The van der Waals surface area contributed by atoms with E-state index in [-0.39, 0.29) is 16.2 Å². The number of rotatable bonds is 5. The first-order chi connectivity index (χ1) is 30.7. The highest BCUT2D eigenvalue weighted by Gasteiger charge is 2.84. The van der Waals surface area contributed by atoms with Gasteiger partial charge < -0.3 is 4.90 Å². The van der Waals surface area contributed by atoms with Crippen molar-refractivity contribution in [3.05, 3.63) is 208 Å². The van der Waals surface area contributed by atoms with Crippen molar-refractivity contribution in [2.24, 2.45) is 29.1 Å². The Morgan fingerprint density at radius 2 is 1.02 bits per heavy atom.